The molecule has 6 heteroatoms. The summed E-state index contributed by atoms with van der Waals surface area (Å²) in [6, 6.07) is 20.5. The summed E-state index contributed by atoms with van der Waals surface area (Å²) in [4.78, 5) is 2.98. The van der Waals surface area contributed by atoms with E-state index < -0.39 is 0 Å². The van der Waals surface area contributed by atoms with Crippen LogP contribution in [0.15, 0.2) is 60.7 Å². The Balaban J connectivity index is 1.84. The molecule has 0 atom stereocenters. The van der Waals surface area contributed by atoms with E-state index in [9.17, 15) is 0 Å². The first-order valence-electron chi connectivity index (χ1n) is 8.52. The first kappa shape index (κ1) is 17.6. The smallest absolute Gasteiger partial charge is 0.134 e. The van der Waals surface area contributed by atoms with Gasteiger partial charge in [0.2, 0.25) is 0 Å². The van der Waals surface area contributed by atoms with E-state index in [-0.39, 0.29) is 0 Å². The lowest BCUT2D eigenvalue weighted by molar-refractivity contribution is 0.0692. The quantitative estimate of drug-likeness (QED) is 0.421. The van der Waals surface area contributed by atoms with Gasteiger partial charge in [-0.2, -0.15) is 5.10 Å². The Morgan fingerprint density at radius 2 is 1.58 bits per heavy atom. The maximum absolute atomic E-state index is 5.79. The fourth-order valence-electron chi connectivity index (χ4n) is 3.05. The second-order valence-corrected chi connectivity index (χ2v) is 7.49. The van der Waals surface area contributed by atoms with E-state index in [4.69, 9.17) is 22.1 Å². The molecule has 0 saturated carbocycles. The number of nitrogens with zero attached hydrogens (tertiary/aromatic N) is 3. The summed E-state index contributed by atoms with van der Waals surface area (Å²) in [5, 5.41) is 4.92. The third-order valence-electron chi connectivity index (χ3n) is 4.38. The van der Waals surface area contributed by atoms with Crippen LogP contribution in [0.2, 0.25) is 0 Å². The van der Waals surface area contributed by atoms with Crippen LogP contribution in [0.5, 0.6) is 0 Å². The predicted octanol–water partition coefficient (Wildman–Crippen LogP) is 4.15. The highest BCUT2D eigenvalue weighted by Crippen LogP contribution is 2.31. The molecule has 1 aromatic heterocycles. The number of benzene rings is 2. The SMILES string of the molecule is S=C(c1nn(-c2ccccc2)c(-c2ccccc2)c1I)N1CCOCC1. The van der Waals surface area contributed by atoms with E-state index in [0.717, 1.165) is 44.3 Å². The van der Waals surface area contributed by atoms with Gasteiger partial charge in [0, 0.05) is 18.7 Å². The third kappa shape index (κ3) is 3.41. The van der Waals surface area contributed by atoms with Crippen molar-refractivity contribution in [3.8, 4) is 16.9 Å². The van der Waals surface area contributed by atoms with Crippen molar-refractivity contribution in [3.05, 3.63) is 69.9 Å². The molecule has 1 aliphatic rings. The Hall–Kier alpha value is -1.77. The van der Waals surface area contributed by atoms with Gasteiger partial charge in [0.15, 0.2) is 0 Å². The first-order valence-corrected chi connectivity index (χ1v) is 10.0. The zero-order valence-corrected chi connectivity index (χ0v) is 17.1. The lowest BCUT2D eigenvalue weighted by Crippen LogP contribution is -2.40. The van der Waals surface area contributed by atoms with E-state index in [1.807, 2.05) is 41.1 Å². The number of ether oxygens (including phenoxy) is 1. The van der Waals surface area contributed by atoms with Crippen molar-refractivity contribution < 1.29 is 4.74 Å². The minimum atomic E-state index is 0.710. The van der Waals surface area contributed by atoms with Crippen LogP contribution in [0.4, 0.5) is 0 Å². The number of para-hydroxylation sites is 1. The molecule has 0 radical (unpaired) electrons. The molecule has 0 aliphatic carbocycles. The summed E-state index contributed by atoms with van der Waals surface area (Å²) in [6.07, 6.45) is 0. The number of halogens is 1. The third-order valence-corrected chi connectivity index (χ3v) is 5.85. The molecule has 4 nitrogen and oxygen atoms in total. The van der Waals surface area contributed by atoms with Crippen LogP contribution in [0.3, 0.4) is 0 Å². The zero-order valence-electron chi connectivity index (χ0n) is 14.1. The van der Waals surface area contributed by atoms with Gasteiger partial charge in [-0.3, -0.25) is 0 Å². The van der Waals surface area contributed by atoms with Gasteiger partial charge in [-0.25, -0.2) is 4.68 Å². The molecule has 1 saturated heterocycles. The number of aromatic nitrogens is 2. The second-order valence-electron chi connectivity index (χ2n) is 6.03. The predicted molar refractivity (Wildman–Crippen MR) is 116 cm³/mol. The Bertz CT molecular complexity index is 906. The summed E-state index contributed by atoms with van der Waals surface area (Å²) >= 11 is 8.17. The number of hydrogen-bond acceptors (Lipinski definition) is 3. The molecule has 0 unspecified atom stereocenters. The van der Waals surface area contributed by atoms with E-state index in [1.165, 1.54) is 0 Å². The molecule has 26 heavy (non-hydrogen) atoms. The van der Waals surface area contributed by atoms with Gasteiger partial charge in [-0.05, 0) is 34.7 Å². The van der Waals surface area contributed by atoms with Crippen LogP contribution >= 0.6 is 34.8 Å². The van der Waals surface area contributed by atoms with Crippen LogP contribution in [-0.2, 0) is 4.74 Å². The maximum Gasteiger partial charge on any atom is 0.134 e. The molecule has 2 heterocycles. The van der Waals surface area contributed by atoms with E-state index in [2.05, 4.69) is 51.8 Å². The van der Waals surface area contributed by atoms with Crippen molar-refractivity contribution in [2.24, 2.45) is 0 Å². The number of thiocarbonyl (C=S) groups is 1. The average Bonchev–Trinajstić information content (AvgIpc) is 3.06. The molecule has 1 aliphatic heterocycles. The number of hydrogen-bond donors (Lipinski definition) is 0. The summed E-state index contributed by atoms with van der Waals surface area (Å²) in [6.45, 7) is 3.05. The molecule has 1 fully saturated rings. The van der Waals surface area contributed by atoms with Crippen molar-refractivity contribution in [2.45, 2.75) is 0 Å². The highest BCUT2D eigenvalue weighted by molar-refractivity contribution is 14.1. The van der Waals surface area contributed by atoms with Gasteiger partial charge in [0.05, 0.1) is 28.2 Å². The Morgan fingerprint density at radius 1 is 0.962 bits per heavy atom. The summed E-state index contributed by atoms with van der Waals surface area (Å²) in [7, 11) is 0. The molecule has 0 spiro atoms. The summed E-state index contributed by atoms with van der Waals surface area (Å²) in [5.41, 5.74) is 4.10. The summed E-state index contributed by atoms with van der Waals surface area (Å²) in [5.74, 6) is 0. The highest BCUT2D eigenvalue weighted by atomic mass is 127. The average molecular weight is 475 g/mol. The molecule has 0 bridgehead atoms. The fourth-order valence-corrected chi connectivity index (χ4v) is 4.46. The molecule has 132 valence electrons. The Kier molecular flexibility index (Phi) is 5.33. The van der Waals surface area contributed by atoms with Crippen LogP contribution in [-0.4, -0.2) is 46.0 Å². The van der Waals surface area contributed by atoms with Gasteiger partial charge in [-0.15, -0.1) is 0 Å². The molecule has 2 aromatic carbocycles. The minimum Gasteiger partial charge on any atom is -0.378 e. The van der Waals surface area contributed by atoms with Gasteiger partial charge in [-0.1, -0.05) is 60.7 Å². The molecule has 0 amide bonds. The maximum atomic E-state index is 5.79. The normalized spacial score (nSPS) is 14.4. The lowest BCUT2D eigenvalue weighted by atomic mass is 10.1. The van der Waals surface area contributed by atoms with Crippen LogP contribution in [0.1, 0.15) is 5.69 Å². The standard InChI is InChI=1S/C20H18IN3OS/c21-17-18(20(26)23-11-13-25-14-12-23)22-24(16-9-5-2-6-10-16)19(17)15-7-3-1-4-8-15/h1-10H,11-14H2. The monoisotopic (exact) mass is 475 g/mol. The van der Waals surface area contributed by atoms with Crippen molar-refractivity contribution in [3.63, 3.8) is 0 Å². The van der Waals surface area contributed by atoms with E-state index >= 15 is 0 Å². The Labute approximate surface area is 171 Å². The van der Waals surface area contributed by atoms with Crippen molar-refractivity contribution >= 4 is 39.8 Å². The Morgan fingerprint density at radius 3 is 2.23 bits per heavy atom. The summed E-state index contributed by atoms with van der Waals surface area (Å²) < 4.78 is 8.53. The van der Waals surface area contributed by atoms with Crippen LogP contribution in [0.25, 0.3) is 16.9 Å². The molecule has 0 N–H and O–H groups in total. The molecular formula is C20H18IN3OS. The molecular weight excluding hydrogens is 457 g/mol. The van der Waals surface area contributed by atoms with Gasteiger partial charge in [0.25, 0.3) is 0 Å². The minimum absolute atomic E-state index is 0.710. The van der Waals surface area contributed by atoms with E-state index in [0.29, 0.717) is 13.2 Å². The van der Waals surface area contributed by atoms with Crippen LogP contribution in [0, 0.1) is 3.57 Å². The fraction of sp³-hybridized carbons (Fsp3) is 0.200. The van der Waals surface area contributed by atoms with Gasteiger partial charge in [0.1, 0.15) is 10.7 Å². The molecule has 4 rings (SSSR count). The zero-order chi connectivity index (χ0) is 17.9. The van der Waals surface area contributed by atoms with Crippen LogP contribution < -0.4 is 0 Å². The van der Waals surface area contributed by atoms with Crippen molar-refractivity contribution in [2.75, 3.05) is 26.3 Å². The lowest BCUT2D eigenvalue weighted by Gasteiger charge is -2.28. The first-order chi connectivity index (χ1) is 12.8. The topological polar surface area (TPSA) is 30.3 Å². The number of morpholine rings is 1. The highest BCUT2D eigenvalue weighted by Gasteiger charge is 2.25. The van der Waals surface area contributed by atoms with Gasteiger partial charge < -0.3 is 9.64 Å². The molecule has 3 aromatic rings. The largest absolute Gasteiger partial charge is 0.378 e. The number of rotatable bonds is 3. The van der Waals surface area contributed by atoms with Crippen molar-refractivity contribution in [1.82, 2.24) is 14.7 Å². The van der Waals surface area contributed by atoms with E-state index in [1.54, 1.807) is 0 Å². The second kappa shape index (κ2) is 7.85. The van der Waals surface area contributed by atoms with Gasteiger partial charge >= 0.3 is 0 Å². The van der Waals surface area contributed by atoms with Crippen molar-refractivity contribution in [1.29, 1.82) is 0 Å².